The Morgan fingerprint density at radius 3 is 2.86 bits per heavy atom. The van der Waals surface area contributed by atoms with E-state index in [1.165, 1.54) is 0 Å². The van der Waals surface area contributed by atoms with E-state index < -0.39 is 5.60 Å². The lowest BCUT2D eigenvalue weighted by atomic mass is 9.82. The normalized spacial score (nSPS) is 32.1. The molecule has 0 aromatic carbocycles. The molecule has 14 heavy (non-hydrogen) atoms. The molecule has 2 unspecified atom stereocenters. The zero-order valence-corrected chi connectivity index (χ0v) is 10.4. The molecule has 1 heterocycles. The van der Waals surface area contributed by atoms with Crippen LogP contribution in [0.3, 0.4) is 0 Å². The van der Waals surface area contributed by atoms with Crippen molar-refractivity contribution in [3.05, 3.63) is 32.9 Å². The van der Waals surface area contributed by atoms with E-state index in [-0.39, 0.29) is 0 Å². The molecule has 76 valence electrons. The fourth-order valence-electron chi connectivity index (χ4n) is 1.77. The maximum absolute atomic E-state index is 10.4. The van der Waals surface area contributed by atoms with E-state index in [9.17, 15) is 5.11 Å². The predicted molar refractivity (Wildman–Crippen MR) is 63.5 cm³/mol. The Labute approximate surface area is 96.6 Å². The quantitative estimate of drug-likeness (QED) is 0.774. The Hall–Kier alpha value is -0.120. The van der Waals surface area contributed by atoms with Crippen molar-refractivity contribution in [1.29, 1.82) is 0 Å². The summed E-state index contributed by atoms with van der Waals surface area (Å²) in [6, 6.07) is 0. The zero-order valence-electron chi connectivity index (χ0n) is 8.03. The molecular formula is C11H13BrOS. The van der Waals surface area contributed by atoms with Crippen LogP contribution in [0.1, 0.15) is 25.3 Å². The molecule has 0 fully saturated rings. The van der Waals surface area contributed by atoms with Gasteiger partial charge in [0.25, 0.3) is 0 Å². The van der Waals surface area contributed by atoms with Gasteiger partial charge in [0.2, 0.25) is 0 Å². The van der Waals surface area contributed by atoms with E-state index in [0.29, 0.717) is 5.92 Å². The maximum Gasteiger partial charge on any atom is 0.110 e. The first-order valence-corrected chi connectivity index (χ1v) is 6.49. The first-order valence-electron chi connectivity index (χ1n) is 4.76. The van der Waals surface area contributed by atoms with E-state index in [2.05, 4.69) is 28.9 Å². The van der Waals surface area contributed by atoms with Gasteiger partial charge in [-0.05, 0) is 40.1 Å². The van der Waals surface area contributed by atoms with Gasteiger partial charge < -0.3 is 5.11 Å². The van der Waals surface area contributed by atoms with Crippen LogP contribution >= 0.6 is 27.3 Å². The number of halogens is 1. The predicted octanol–water partition coefficient (Wildman–Crippen LogP) is 3.68. The second-order valence-electron chi connectivity index (χ2n) is 3.93. The summed E-state index contributed by atoms with van der Waals surface area (Å²) in [7, 11) is 0. The molecule has 1 aliphatic rings. The monoisotopic (exact) mass is 272 g/mol. The standard InChI is InChI=1S/C11H13BrOS/c1-8-2-4-11(13,5-3-8)9-6-14-7-10(9)12/h2,4,6-8,13H,3,5H2,1H3. The third-order valence-corrected chi connectivity index (χ3v) is 4.47. The minimum atomic E-state index is -0.745. The lowest BCUT2D eigenvalue weighted by Crippen LogP contribution is -2.26. The summed E-state index contributed by atoms with van der Waals surface area (Å²) in [5, 5.41) is 14.5. The van der Waals surface area contributed by atoms with Gasteiger partial charge in [-0.1, -0.05) is 19.1 Å². The average molecular weight is 273 g/mol. The second kappa shape index (κ2) is 3.80. The summed E-state index contributed by atoms with van der Waals surface area (Å²) in [5.41, 5.74) is 0.261. The second-order valence-corrected chi connectivity index (χ2v) is 5.53. The Bertz CT molecular complexity index is 358. The van der Waals surface area contributed by atoms with Crippen molar-refractivity contribution < 1.29 is 5.11 Å². The summed E-state index contributed by atoms with van der Waals surface area (Å²) in [4.78, 5) is 0. The maximum atomic E-state index is 10.4. The van der Waals surface area contributed by atoms with E-state index in [1.807, 2.05) is 16.8 Å². The molecule has 1 aromatic rings. The first kappa shape index (κ1) is 10.4. The molecule has 0 aliphatic heterocycles. The van der Waals surface area contributed by atoms with Crippen LogP contribution in [0.5, 0.6) is 0 Å². The lowest BCUT2D eigenvalue weighted by Gasteiger charge is -2.29. The van der Waals surface area contributed by atoms with Crippen molar-refractivity contribution in [2.45, 2.75) is 25.4 Å². The van der Waals surface area contributed by atoms with Gasteiger partial charge in [0.15, 0.2) is 0 Å². The highest BCUT2D eigenvalue weighted by molar-refractivity contribution is 9.10. The Balaban J connectivity index is 2.34. The van der Waals surface area contributed by atoms with Crippen LogP contribution in [0.4, 0.5) is 0 Å². The summed E-state index contributed by atoms with van der Waals surface area (Å²) in [5.74, 6) is 0.590. The zero-order chi connectivity index (χ0) is 10.2. The molecule has 0 saturated carbocycles. The van der Waals surface area contributed by atoms with Crippen molar-refractivity contribution in [3.63, 3.8) is 0 Å². The van der Waals surface area contributed by atoms with E-state index in [1.54, 1.807) is 11.3 Å². The van der Waals surface area contributed by atoms with Gasteiger partial charge in [-0.15, -0.1) is 0 Å². The number of rotatable bonds is 1. The van der Waals surface area contributed by atoms with Crippen molar-refractivity contribution in [2.75, 3.05) is 0 Å². The summed E-state index contributed by atoms with van der Waals surface area (Å²) < 4.78 is 1.02. The summed E-state index contributed by atoms with van der Waals surface area (Å²) in [6.07, 6.45) is 5.91. The Morgan fingerprint density at radius 2 is 2.36 bits per heavy atom. The molecule has 0 radical (unpaired) electrons. The molecule has 1 aliphatic carbocycles. The molecule has 0 saturated heterocycles. The van der Waals surface area contributed by atoms with Gasteiger partial charge in [0, 0.05) is 15.4 Å². The third-order valence-electron chi connectivity index (χ3n) is 2.76. The molecular weight excluding hydrogens is 260 g/mol. The van der Waals surface area contributed by atoms with Gasteiger partial charge >= 0.3 is 0 Å². The van der Waals surface area contributed by atoms with Crippen molar-refractivity contribution in [2.24, 2.45) is 5.92 Å². The highest BCUT2D eigenvalue weighted by Crippen LogP contribution is 2.39. The van der Waals surface area contributed by atoms with Crippen LogP contribution in [0.15, 0.2) is 27.4 Å². The third kappa shape index (κ3) is 1.81. The van der Waals surface area contributed by atoms with E-state index >= 15 is 0 Å². The first-order chi connectivity index (χ1) is 6.62. The molecule has 1 nitrogen and oxygen atoms in total. The van der Waals surface area contributed by atoms with Crippen molar-refractivity contribution in [3.8, 4) is 0 Å². The van der Waals surface area contributed by atoms with Gasteiger partial charge in [-0.3, -0.25) is 0 Å². The molecule has 0 bridgehead atoms. The minimum absolute atomic E-state index is 0.590. The topological polar surface area (TPSA) is 20.2 Å². The van der Waals surface area contributed by atoms with Gasteiger partial charge in [0.1, 0.15) is 5.60 Å². The molecule has 1 N–H and O–H groups in total. The van der Waals surface area contributed by atoms with Crippen molar-refractivity contribution >= 4 is 27.3 Å². The highest BCUT2D eigenvalue weighted by Gasteiger charge is 2.31. The highest BCUT2D eigenvalue weighted by atomic mass is 79.9. The Kier molecular flexibility index (Phi) is 2.82. The van der Waals surface area contributed by atoms with Gasteiger partial charge in [-0.25, -0.2) is 0 Å². The molecule has 0 spiro atoms. The number of hydrogen-bond donors (Lipinski definition) is 1. The molecule has 2 atom stereocenters. The minimum Gasteiger partial charge on any atom is -0.381 e. The van der Waals surface area contributed by atoms with Gasteiger partial charge in [0.05, 0.1) is 0 Å². The largest absolute Gasteiger partial charge is 0.381 e. The fraction of sp³-hybridized carbons (Fsp3) is 0.455. The average Bonchev–Trinajstić information content (AvgIpc) is 2.58. The number of allylic oxidation sites excluding steroid dienone is 1. The van der Waals surface area contributed by atoms with Gasteiger partial charge in [-0.2, -0.15) is 11.3 Å². The van der Waals surface area contributed by atoms with Crippen LogP contribution in [-0.2, 0) is 5.60 Å². The SMILES string of the molecule is CC1C=CC(O)(c2cscc2Br)CC1. The van der Waals surface area contributed by atoms with Crippen molar-refractivity contribution in [1.82, 2.24) is 0 Å². The molecule has 1 aromatic heterocycles. The van der Waals surface area contributed by atoms with E-state index in [0.717, 1.165) is 22.9 Å². The van der Waals surface area contributed by atoms with Crippen LogP contribution in [-0.4, -0.2) is 5.11 Å². The number of hydrogen-bond acceptors (Lipinski definition) is 2. The summed E-state index contributed by atoms with van der Waals surface area (Å²) in [6.45, 7) is 2.18. The number of aliphatic hydroxyl groups is 1. The molecule has 2 rings (SSSR count). The van der Waals surface area contributed by atoms with Crippen LogP contribution in [0.2, 0.25) is 0 Å². The van der Waals surface area contributed by atoms with Crippen LogP contribution in [0.25, 0.3) is 0 Å². The van der Waals surface area contributed by atoms with Crippen LogP contribution in [0, 0.1) is 5.92 Å². The van der Waals surface area contributed by atoms with Crippen LogP contribution < -0.4 is 0 Å². The molecule has 0 amide bonds. The summed E-state index contributed by atoms with van der Waals surface area (Å²) >= 11 is 5.09. The number of thiophene rings is 1. The molecule has 3 heteroatoms. The van der Waals surface area contributed by atoms with E-state index in [4.69, 9.17) is 0 Å². The fourth-order valence-corrected chi connectivity index (χ4v) is 3.48. The Morgan fingerprint density at radius 1 is 1.57 bits per heavy atom. The lowest BCUT2D eigenvalue weighted by molar-refractivity contribution is 0.0671. The smallest absolute Gasteiger partial charge is 0.110 e.